The second kappa shape index (κ2) is 6.53. The molecule has 1 unspecified atom stereocenters. The number of carbonyl (C=O) groups is 1. The minimum absolute atomic E-state index is 0.0257. The van der Waals surface area contributed by atoms with Gasteiger partial charge >= 0.3 is 0 Å². The number of piperidine rings is 1. The summed E-state index contributed by atoms with van der Waals surface area (Å²) in [5.41, 5.74) is 1.77. The Bertz CT molecular complexity index is 461. The Morgan fingerprint density at radius 3 is 3.00 bits per heavy atom. The van der Waals surface area contributed by atoms with Gasteiger partial charge in [-0.3, -0.25) is 4.79 Å². The van der Waals surface area contributed by atoms with Gasteiger partial charge in [0.05, 0.1) is 0 Å². The van der Waals surface area contributed by atoms with E-state index in [0.29, 0.717) is 6.04 Å². The highest BCUT2D eigenvalue weighted by atomic mass is 79.9. The second-order valence-electron chi connectivity index (χ2n) is 5.30. The number of benzene rings is 1. The highest BCUT2D eigenvalue weighted by Gasteiger charge is 2.19. The molecule has 3 nitrogen and oxygen atoms in total. The SMILES string of the molecule is Cc1ccc(Br)cc1C(=O)NCC1CCCCN1C. The number of carbonyl (C=O) groups excluding carboxylic acids is 1. The van der Waals surface area contributed by atoms with Crippen molar-refractivity contribution < 1.29 is 4.79 Å². The van der Waals surface area contributed by atoms with Gasteiger partial charge in [0.2, 0.25) is 0 Å². The Balaban J connectivity index is 1.95. The molecule has 1 aliphatic heterocycles. The lowest BCUT2D eigenvalue weighted by Gasteiger charge is -2.32. The van der Waals surface area contributed by atoms with Crippen LogP contribution in [0.15, 0.2) is 22.7 Å². The van der Waals surface area contributed by atoms with Gasteiger partial charge in [0.1, 0.15) is 0 Å². The first-order valence-corrected chi connectivity index (χ1v) is 7.62. The van der Waals surface area contributed by atoms with Crippen molar-refractivity contribution in [3.05, 3.63) is 33.8 Å². The predicted octanol–water partition coefficient (Wildman–Crippen LogP) is 2.97. The van der Waals surface area contributed by atoms with Gasteiger partial charge < -0.3 is 10.2 Å². The van der Waals surface area contributed by atoms with E-state index < -0.39 is 0 Å². The van der Waals surface area contributed by atoms with Crippen LogP contribution in [0.1, 0.15) is 35.2 Å². The molecule has 4 heteroatoms. The number of halogens is 1. The van der Waals surface area contributed by atoms with Crippen molar-refractivity contribution in [1.29, 1.82) is 0 Å². The number of hydrogen-bond donors (Lipinski definition) is 1. The van der Waals surface area contributed by atoms with Crippen LogP contribution in [0, 0.1) is 6.92 Å². The van der Waals surface area contributed by atoms with Gasteiger partial charge in [0.15, 0.2) is 0 Å². The first-order valence-electron chi connectivity index (χ1n) is 6.82. The molecule has 1 aromatic rings. The average molecular weight is 325 g/mol. The minimum atomic E-state index is 0.0257. The van der Waals surface area contributed by atoms with Crippen LogP contribution >= 0.6 is 15.9 Å². The predicted molar refractivity (Wildman–Crippen MR) is 81.5 cm³/mol. The lowest BCUT2D eigenvalue weighted by atomic mass is 10.0. The van der Waals surface area contributed by atoms with E-state index in [2.05, 4.69) is 33.2 Å². The topological polar surface area (TPSA) is 32.3 Å². The maximum Gasteiger partial charge on any atom is 0.251 e. The number of amides is 1. The highest BCUT2D eigenvalue weighted by Crippen LogP contribution is 2.17. The van der Waals surface area contributed by atoms with Crippen LogP contribution in [0.2, 0.25) is 0 Å². The molecule has 104 valence electrons. The molecule has 19 heavy (non-hydrogen) atoms. The van der Waals surface area contributed by atoms with Crippen molar-refractivity contribution in [2.24, 2.45) is 0 Å². The Morgan fingerprint density at radius 2 is 2.26 bits per heavy atom. The fourth-order valence-electron chi connectivity index (χ4n) is 2.55. The van der Waals surface area contributed by atoms with Gasteiger partial charge in [-0.25, -0.2) is 0 Å². The van der Waals surface area contributed by atoms with E-state index in [1.807, 2.05) is 25.1 Å². The summed E-state index contributed by atoms with van der Waals surface area (Å²) < 4.78 is 0.943. The van der Waals surface area contributed by atoms with E-state index >= 15 is 0 Å². The van der Waals surface area contributed by atoms with Crippen molar-refractivity contribution in [3.8, 4) is 0 Å². The number of likely N-dealkylation sites (N-methyl/N-ethyl adjacent to an activating group) is 1. The summed E-state index contributed by atoms with van der Waals surface area (Å²) in [6.45, 7) is 3.84. The van der Waals surface area contributed by atoms with Crippen LogP contribution in [0.25, 0.3) is 0 Å². The van der Waals surface area contributed by atoms with E-state index in [-0.39, 0.29) is 5.91 Å². The normalized spacial score (nSPS) is 20.3. The molecule has 1 saturated heterocycles. The summed E-state index contributed by atoms with van der Waals surface area (Å²) in [5, 5.41) is 3.07. The van der Waals surface area contributed by atoms with Crippen LogP contribution in [-0.2, 0) is 0 Å². The van der Waals surface area contributed by atoms with Crippen molar-refractivity contribution in [2.45, 2.75) is 32.2 Å². The first kappa shape index (κ1) is 14.5. The van der Waals surface area contributed by atoms with Crippen molar-refractivity contribution in [3.63, 3.8) is 0 Å². The maximum absolute atomic E-state index is 12.2. The van der Waals surface area contributed by atoms with E-state index in [4.69, 9.17) is 0 Å². The summed E-state index contributed by atoms with van der Waals surface area (Å²) in [6.07, 6.45) is 3.71. The van der Waals surface area contributed by atoms with Crippen LogP contribution in [0.4, 0.5) is 0 Å². The average Bonchev–Trinajstić information content (AvgIpc) is 2.40. The largest absolute Gasteiger partial charge is 0.350 e. The number of nitrogens with zero attached hydrogens (tertiary/aromatic N) is 1. The van der Waals surface area contributed by atoms with Crippen LogP contribution < -0.4 is 5.32 Å². The molecule has 1 aliphatic rings. The molecule has 0 aromatic heterocycles. The third-order valence-corrected chi connectivity index (χ3v) is 4.36. The lowest BCUT2D eigenvalue weighted by Crippen LogP contribution is -2.44. The molecule has 2 rings (SSSR count). The molecule has 0 radical (unpaired) electrons. The summed E-state index contributed by atoms with van der Waals surface area (Å²) >= 11 is 3.41. The molecular formula is C15H21BrN2O. The van der Waals surface area contributed by atoms with Gasteiger partial charge in [-0.1, -0.05) is 28.4 Å². The third kappa shape index (κ3) is 3.80. The van der Waals surface area contributed by atoms with Crippen molar-refractivity contribution in [2.75, 3.05) is 20.1 Å². The molecule has 1 amide bonds. The molecular weight excluding hydrogens is 304 g/mol. The minimum Gasteiger partial charge on any atom is -0.350 e. The summed E-state index contributed by atoms with van der Waals surface area (Å²) in [6, 6.07) is 6.28. The van der Waals surface area contributed by atoms with E-state index in [9.17, 15) is 4.79 Å². The third-order valence-electron chi connectivity index (χ3n) is 3.86. The van der Waals surface area contributed by atoms with E-state index in [0.717, 1.165) is 28.7 Å². The summed E-state index contributed by atoms with van der Waals surface area (Å²) in [5.74, 6) is 0.0257. The molecule has 0 aliphatic carbocycles. The molecule has 1 atom stereocenters. The number of aryl methyl sites for hydroxylation is 1. The van der Waals surface area contributed by atoms with Crippen molar-refractivity contribution in [1.82, 2.24) is 10.2 Å². The summed E-state index contributed by atoms with van der Waals surface area (Å²) in [7, 11) is 2.14. The van der Waals surface area contributed by atoms with Gasteiger partial charge in [-0.05, 0) is 51.1 Å². The van der Waals surface area contributed by atoms with Gasteiger partial charge in [-0.15, -0.1) is 0 Å². The van der Waals surface area contributed by atoms with Crippen molar-refractivity contribution >= 4 is 21.8 Å². The van der Waals surface area contributed by atoms with Gasteiger partial charge in [0.25, 0.3) is 5.91 Å². The molecule has 1 N–H and O–H groups in total. The van der Waals surface area contributed by atoms with Gasteiger partial charge in [0, 0.05) is 22.6 Å². The molecule has 1 aromatic carbocycles. The molecule has 0 saturated carbocycles. The monoisotopic (exact) mass is 324 g/mol. The Hall–Kier alpha value is -0.870. The standard InChI is InChI=1S/C15H21BrN2O/c1-11-6-7-12(16)9-14(11)15(19)17-10-13-5-3-4-8-18(13)2/h6-7,9,13H,3-5,8,10H2,1-2H3,(H,17,19). The van der Waals surface area contributed by atoms with Crippen LogP contribution in [0.3, 0.4) is 0 Å². The number of hydrogen-bond acceptors (Lipinski definition) is 2. The zero-order chi connectivity index (χ0) is 13.8. The van der Waals surface area contributed by atoms with Crippen LogP contribution in [0.5, 0.6) is 0 Å². The fourth-order valence-corrected chi connectivity index (χ4v) is 2.91. The summed E-state index contributed by atoms with van der Waals surface area (Å²) in [4.78, 5) is 14.6. The Labute approximate surface area is 123 Å². The molecule has 1 heterocycles. The number of rotatable bonds is 3. The molecule has 0 bridgehead atoms. The van der Waals surface area contributed by atoms with Gasteiger partial charge in [-0.2, -0.15) is 0 Å². The maximum atomic E-state index is 12.2. The number of likely N-dealkylation sites (tertiary alicyclic amines) is 1. The Kier molecular flexibility index (Phi) is 4.99. The smallest absolute Gasteiger partial charge is 0.251 e. The zero-order valence-electron chi connectivity index (χ0n) is 11.6. The lowest BCUT2D eigenvalue weighted by molar-refractivity contribution is 0.0928. The first-order chi connectivity index (χ1) is 9.08. The fraction of sp³-hybridized carbons (Fsp3) is 0.533. The van der Waals surface area contributed by atoms with Crippen LogP contribution in [-0.4, -0.2) is 37.0 Å². The molecule has 0 spiro atoms. The zero-order valence-corrected chi connectivity index (χ0v) is 13.2. The van der Waals surface area contributed by atoms with E-state index in [1.54, 1.807) is 0 Å². The Morgan fingerprint density at radius 1 is 1.47 bits per heavy atom. The quantitative estimate of drug-likeness (QED) is 0.927. The highest BCUT2D eigenvalue weighted by molar-refractivity contribution is 9.10. The van der Waals surface area contributed by atoms with E-state index in [1.165, 1.54) is 19.3 Å². The second-order valence-corrected chi connectivity index (χ2v) is 6.22. The number of nitrogens with one attached hydrogen (secondary N) is 1. The molecule has 1 fully saturated rings.